The van der Waals surface area contributed by atoms with Gasteiger partial charge in [0.2, 0.25) is 5.95 Å². The standard InChI is InChI=1S/C26H41N5O3/c1-6-34-26(3,4)19-31-24(21-8-7-15-33-18-21)27-28-25(31)30-13-11-29(12-14-30)17-22-16-20(2)9-10-23(22)32-5/h9-10,16,21H,6-8,11-15,17-19H2,1-5H3. The summed E-state index contributed by atoms with van der Waals surface area (Å²) < 4.78 is 19.7. The molecule has 0 radical (unpaired) electrons. The molecule has 0 bridgehead atoms. The predicted molar refractivity (Wildman–Crippen MR) is 134 cm³/mol. The van der Waals surface area contributed by atoms with E-state index in [0.717, 1.165) is 82.8 Å². The van der Waals surface area contributed by atoms with E-state index >= 15 is 0 Å². The number of benzene rings is 1. The number of ether oxygens (including phenoxy) is 3. The number of hydrogen-bond acceptors (Lipinski definition) is 7. The van der Waals surface area contributed by atoms with Crippen molar-refractivity contribution in [1.82, 2.24) is 19.7 Å². The van der Waals surface area contributed by atoms with E-state index in [1.165, 1.54) is 11.1 Å². The lowest BCUT2D eigenvalue weighted by molar-refractivity contribution is -0.0235. The average molecular weight is 472 g/mol. The van der Waals surface area contributed by atoms with E-state index in [2.05, 4.69) is 58.4 Å². The molecule has 2 aromatic rings. The lowest BCUT2D eigenvalue weighted by Crippen LogP contribution is -2.47. The molecule has 2 fully saturated rings. The minimum absolute atomic E-state index is 0.292. The fourth-order valence-electron chi connectivity index (χ4n) is 5.13. The Labute approximate surface area is 204 Å². The highest BCUT2D eigenvalue weighted by atomic mass is 16.5. The van der Waals surface area contributed by atoms with Crippen molar-refractivity contribution >= 4 is 5.95 Å². The molecular formula is C26H41N5O3. The van der Waals surface area contributed by atoms with Crippen LogP contribution in [-0.4, -0.2) is 78.4 Å². The van der Waals surface area contributed by atoms with Crippen LogP contribution in [0.3, 0.4) is 0 Å². The third-order valence-corrected chi connectivity index (χ3v) is 6.84. The van der Waals surface area contributed by atoms with Crippen LogP contribution in [0.2, 0.25) is 0 Å². The van der Waals surface area contributed by atoms with E-state index in [0.29, 0.717) is 12.5 Å². The van der Waals surface area contributed by atoms with Gasteiger partial charge < -0.3 is 19.1 Å². The van der Waals surface area contributed by atoms with Gasteiger partial charge in [-0.3, -0.25) is 9.47 Å². The maximum Gasteiger partial charge on any atom is 0.227 e. The molecule has 0 aliphatic carbocycles. The van der Waals surface area contributed by atoms with E-state index in [1.54, 1.807) is 7.11 Å². The summed E-state index contributed by atoms with van der Waals surface area (Å²) in [6.07, 6.45) is 2.17. The molecule has 34 heavy (non-hydrogen) atoms. The van der Waals surface area contributed by atoms with Gasteiger partial charge in [0.05, 0.1) is 25.9 Å². The van der Waals surface area contributed by atoms with Gasteiger partial charge in [0, 0.05) is 57.4 Å². The number of anilines is 1. The summed E-state index contributed by atoms with van der Waals surface area (Å²) in [5.41, 5.74) is 2.22. The molecule has 8 nitrogen and oxygen atoms in total. The summed E-state index contributed by atoms with van der Waals surface area (Å²) >= 11 is 0. The van der Waals surface area contributed by atoms with Crippen molar-refractivity contribution in [2.24, 2.45) is 0 Å². The van der Waals surface area contributed by atoms with Crippen LogP contribution in [0, 0.1) is 6.92 Å². The second-order valence-electron chi connectivity index (χ2n) is 10.1. The van der Waals surface area contributed by atoms with E-state index in [-0.39, 0.29) is 5.60 Å². The molecule has 2 saturated heterocycles. The first-order valence-electron chi connectivity index (χ1n) is 12.7. The van der Waals surface area contributed by atoms with Crippen LogP contribution in [0.25, 0.3) is 0 Å². The number of methoxy groups -OCH3 is 1. The number of aromatic nitrogens is 3. The zero-order chi connectivity index (χ0) is 24.1. The zero-order valence-electron chi connectivity index (χ0n) is 21.5. The van der Waals surface area contributed by atoms with Crippen LogP contribution in [0.15, 0.2) is 18.2 Å². The largest absolute Gasteiger partial charge is 0.496 e. The normalized spacial score (nSPS) is 20.0. The SMILES string of the molecule is CCOC(C)(C)Cn1c(C2CCCOC2)nnc1N1CCN(Cc2cc(C)ccc2OC)CC1. The molecule has 1 aromatic carbocycles. The van der Waals surface area contributed by atoms with Crippen molar-refractivity contribution in [3.8, 4) is 5.75 Å². The van der Waals surface area contributed by atoms with Crippen LogP contribution in [0.5, 0.6) is 5.75 Å². The number of aryl methyl sites for hydroxylation is 1. The van der Waals surface area contributed by atoms with E-state index in [1.807, 2.05) is 6.92 Å². The highest BCUT2D eigenvalue weighted by molar-refractivity contribution is 5.37. The van der Waals surface area contributed by atoms with Gasteiger partial charge in [0.1, 0.15) is 11.6 Å². The monoisotopic (exact) mass is 471 g/mol. The first-order chi connectivity index (χ1) is 16.4. The van der Waals surface area contributed by atoms with Crippen LogP contribution >= 0.6 is 0 Å². The zero-order valence-corrected chi connectivity index (χ0v) is 21.5. The highest BCUT2D eigenvalue weighted by Crippen LogP contribution is 2.30. The minimum atomic E-state index is -0.292. The van der Waals surface area contributed by atoms with Crippen LogP contribution < -0.4 is 9.64 Å². The van der Waals surface area contributed by atoms with Gasteiger partial charge in [-0.25, -0.2) is 0 Å². The Kier molecular flexibility index (Phi) is 8.11. The lowest BCUT2D eigenvalue weighted by Gasteiger charge is -2.36. The molecule has 0 amide bonds. The van der Waals surface area contributed by atoms with E-state index < -0.39 is 0 Å². The van der Waals surface area contributed by atoms with E-state index in [4.69, 9.17) is 19.3 Å². The molecule has 0 spiro atoms. The molecule has 0 saturated carbocycles. The summed E-state index contributed by atoms with van der Waals surface area (Å²) in [4.78, 5) is 4.88. The molecule has 4 rings (SSSR count). The average Bonchev–Trinajstić information content (AvgIpc) is 3.23. The van der Waals surface area contributed by atoms with Gasteiger partial charge in [-0.1, -0.05) is 17.7 Å². The second-order valence-corrected chi connectivity index (χ2v) is 10.1. The van der Waals surface area contributed by atoms with Crippen LogP contribution in [0.4, 0.5) is 5.95 Å². The first-order valence-corrected chi connectivity index (χ1v) is 12.7. The van der Waals surface area contributed by atoms with Crippen molar-refractivity contribution in [3.63, 3.8) is 0 Å². The lowest BCUT2D eigenvalue weighted by atomic mass is 10.0. The Morgan fingerprint density at radius 1 is 1.15 bits per heavy atom. The molecule has 1 atom stereocenters. The number of nitrogens with zero attached hydrogens (tertiary/aromatic N) is 5. The van der Waals surface area contributed by atoms with Crippen molar-refractivity contribution < 1.29 is 14.2 Å². The highest BCUT2D eigenvalue weighted by Gasteiger charge is 2.31. The molecule has 1 unspecified atom stereocenters. The van der Waals surface area contributed by atoms with Gasteiger partial charge >= 0.3 is 0 Å². The van der Waals surface area contributed by atoms with Crippen molar-refractivity contribution in [2.45, 2.75) is 65.1 Å². The van der Waals surface area contributed by atoms with Gasteiger partial charge in [-0.15, -0.1) is 10.2 Å². The Hall–Kier alpha value is -2.16. The van der Waals surface area contributed by atoms with Crippen LogP contribution in [0.1, 0.15) is 56.5 Å². The quantitative estimate of drug-likeness (QED) is 0.553. The molecule has 2 aliphatic heterocycles. The fourth-order valence-corrected chi connectivity index (χ4v) is 5.13. The van der Waals surface area contributed by atoms with Crippen LogP contribution in [-0.2, 0) is 22.6 Å². The van der Waals surface area contributed by atoms with Gasteiger partial charge in [-0.05, 0) is 46.6 Å². The smallest absolute Gasteiger partial charge is 0.227 e. The van der Waals surface area contributed by atoms with Gasteiger partial charge in [0.15, 0.2) is 0 Å². The van der Waals surface area contributed by atoms with Crippen molar-refractivity contribution in [1.29, 1.82) is 0 Å². The Morgan fingerprint density at radius 3 is 2.62 bits per heavy atom. The van der Waals surface area contributed by atoms with Crippen molar-refractivity contribution in [2.75, 3.05) is 58.0 Å². The summed E-state index contributed by atoms with van der Waals surface area (Å²) in [5, 5.41) is 9.38. The van der Waals surface area contributed by atoms with Gasteiger partial charge in [0.25, 0.3) is 0 Å². The summed E-state index contributed by atoms with van der Waals surface area (Å²) in [6.45, 7) is 16.1. The summed E-state index contributed by atoms with van der Waals surface area (Å²) in [7, 11) is 1.75. The van der Waals surface area contributed by atoms with Crippen molar-refractivity contribution in [3.05, 3.63) is 35.2 Å². The number of hydrogen-bond donors (Lipinski definition) is 0. The Morgan fingerprint density at radius 2 is 1.94 bits per heavy atom. The second kappa shape index (κ2) is 11.1. The third-order valence-electron chi connectivity index (χ3n) is 6.84. The topological polar surface area (TPSA) is 64.9 Å². The molecular weight excluding hydrogens is 430 g/mol. The molecule has 3 heterocycles. The summed E-state index contributed by atoms with van der Waals surface area (Å²) in [6, 6.07) is 6.40. The Balaban J connectivity index is 1.49. The molecule has 1 aromatic heterocycles. The maximum absolute atomic E-state index is 6.06. The maximum atomic E-state index is 6.06. The van der Waals surface area contributed by atoms with Gasteiger partial charge in [-0.2, -0.15) is 0 Å². The molecule has 0 N–H and O–H groups in total. The third kappa shape index (κ3) is 5.90. The number of rotatable bonds is 9. The predicted octanol–water partition coefficient (Wildman–Crippen LogP) is 3.63. The molecule has 2 aliphatic rings. The minimum Gasteiger partial charge on any atom is -0.496 e. The fraction of sp³-hybridized carbons (Fsp3) is 0.692. The first kappa shape index (κ1) is 24.9. The molecule has 8 heteroatoms. The van der Waals surface area contributed by atoms with E-state index in [9.17, 15) is 0 Å². The molecule has 188 valence electrons. The summed E-state index contributed by atoms with van der Waals surface area (Å²) in [5.74, 6) is 3.25. The Bertz CT molecular complexity index is 931. The number of piperazine rings is 1.